The maximum absolute atomic E-state index is 12.2. The van der Waals surface area contributed by atoms with Gasteiger partial charge in [0.2, 0.25) is 0 Å². The maximum Gasteiger partial charge on any atom is 0.195 e. The molecule has 0 aliphatic carbocycles. The fourth-order valence-electron chi connectivity index (χ4n) is 2.15. The lowest BCUT2D eigenvalue weighted by Crippen LogP contribution is -2.03. The molecule has 4 heteroatoms. The summed E-state index contributed by atoms with van der Waals surface area (Å²) in [7, 11) is 1.59. The molecular formula is C16H13NO3. The highest BCUT2D eigenvalue weighted by atomic mass is 16.5. The van der Waals surface area contributed by atoms with Gasteiger partial charge in [0, 0.05) is 17.3 Å². The van der Waals surface area contributed by atoms with Gasteiger partial charge in [0.05, 0.1) is 12.5 Å². The Morgan fingerprint density at radius 2 is 1.90 bits per heavy atom. The molecule has 0 atom stereocenters. The highest BCUT2D eigenvalue weighted by Gasteiger charge is 2.09. The van der Waals surface area contributed by atoms with E-state index in [4.69, 9.17) is 14.9 Å². The number of nitrogens with two attached hydrogens (primary N) is 1. The molecule has 0 aliphatic rings. The zero-order chi connectivity index (χ0) is 14.1. The highest BCUT2D eigenvalue weighted by Crippen LogP contribution is 2.26. The Balaban J connectivity index is 2.25. The molecule has 1 aromatic heterocycles. The number of benzene rings is 2. The molecule has 1 heterocycles. The second-order valence-corrected chi connectivity index (χ2v) is 4.43. The fourth-order valence-corrected chi connectivity index (χ4v) is 2.15. The van der Waals surface area contributed by atoms with E-state index >= 15 is 0 Å². The Bertz CT molecular complexity index is 836. The number of rotatable bonds is 2. The first kappa shape index (κ1) is 12.3. The van der Waals surface area contributed by atoms with Gasteiger partial charge in [-0.25, -0.2) is 0 Å². The number of methoxy groups -OCH3 is 1. The summed E-state index contributed by atoms with van der Waals surface area (Å²) in [6, 6.07) is 14.0. The van der Waals surface area contributed by atoms with Gasteiger partial charge in [0.1, 0.15) is 17.1 Å². The Hall–Kier alpha value is -2.75. The maximum atomic E-state index is 12.2. The minimum absolute atomic E-state index is 0.151. The number of hydrogen-bond donors (Lipinski definition) is 1. The van der Waals surface area contributed by atoms with Crippen LogP contribution < -0.4 is 15.9 Å². The Morgan fingerprint density at radius 3 is 2.70 bits per heavy atom. The van der Waals surface area contributed by atoms with E-state index in [1.54, 1.807) is 25.3 Å². The molecule has 0 amide bonds. The number of hydrogen-bond acceptors (Lipinski definition) is 4. The first-order valence-corrected chi connectivity index (χ1v) is 6.16. The number of fused-ring (bicyclic) bond motifs is 1. The lowest BCUT2D eigenvalue weighted by molar-refractivity contribution is 0.415. The highest BCUT2D eigenvalue weighted by molar-refractivity contribution is 5.89. The van der Waals surface area contributed by atoms with Gasteiger partial charge in [-0.1, -0.05) is 18.2 Å². The quantitative estimate of drug-likeness (QED) is 0.725. The van der Waals surface area contributed by atoms with Gasteiger partial charge in [-0.2, -0.15) is 0 Å². The van der Waals surface area contributed by atoms with Gasteiger partial charge in [-0.3, -0.25) is 4.79 Å². The van der Waals surface area contributed by atoms with Crippen LogP contribution in [0.15, 0.2) is 57.7 Å². The zero-order valence-corrected chi connectivity index (χ0v) is 10.9. The van der Waals surface area contributed by atoms with Crippen LogP contribution in [0.4, 0.5) is 5.69 Å². The summed E-state index contributed by atoms with van der Waals surface area (Å²) >= 11 is 0. The first-order chi connectivity index (χ1) is 9.69. The van der Waals surface area contributed by atoms with Gasteiger partial charge in [0.25, 0.3) is 0 Å². The molecule has 0 bridgehead atoms. The molecule has 2 aromatic carbocycles. The van der Waals surface area contributed by atoms with Crippen molar-refractivity contribution >= 4 is 16.7 Å². The molecule has 0 aliphatic heterocycles. The Morgan fingerprint density at radius 1 is 1.10 bits per heavy atom. The average Bonchev–Trinajstić information content (AvgIpc) is 2.47. The predicted molar refractivity (Wildman–Crippen MR) is 78.9 cm³/mol. The summed E-state index contributed by atoms with van der Waals surface area (Å²) in [5.74, 6) is 1.20. The summed E-state index contributed by atoms with van der Waals surface area (Å²) < 4.78 is 10.9. The van der Waals surface area contributed by atoms with E-state index in [0.29, 0.717) is 28.2 Å². The van der Waals surface area contributed by atoms with E-state index in [-0.39, 0.29) is 5.43 Å². The van der Waals surface area contributed by atoms with Crippen molar-refractivity contribution < 1.29 is 9.15 Å². The summed E-state index contributed by atoms with van der Waals surface area (Å²) in [6.45, 7) is 0. The van der Waals surface area contributed by atoms with Crippen LogP contribution in [-0.4, -0.2) is 7.11 Å². The number of anilines is 1. The van der Waals surface area contributed by atoms with Gasteiger partial charge in [-0.05, 0) is 24.3 Å². The molecule has 0 saturated heterocycles. The molecule has 0 unspecified atom stereocenters. The summed E-state index contributed by atoms with van der Waals surface area (Å²) in [5, 5.41) is 0.416. The largest absolute Gasteiger partial charge is 0.497 e. The molecule has 0 radical (unpaired) electrons. The minimum atomic E-state index is -0.151. The van der Waals surface area contributed by atoms with Crippen molar-refractivity contribution in [1.82, 2.24) is 0 Å². The Kier molecular flexibility index (Phi) is 2.91. The molecule has 20 heavy (non-hydrogen) atoms. The SMILES string of the molecule is COc1cccc(-c2cc(=O)c3c(N)cccc3o2)c1. The van der Waals surface area contributed by atoms with Gasteiger partial charge in [-0.15, -0.1) is 0 Å². The lowest BCUT2D eigenvalue weighted by atomic mass is 10.1. The monoisotopic (exact) mass is 267 g/mol. The minimum Gasteiger partial charge on any atom is -0.497 e. The molecular weight excluding hydrogens is 254 g/mol. The van der Waals surface area contributed by atoms with E-state index in [1.165, 1.54) is 6.07 Å². The summed E-state index contributed by atoms with van der Waals surface area (Å²) in [4.78, 5) is 12.2. The van der Waals surface area contributed by atoms with Crippen LogP contribution in [-0.2, 0) is 0 Å². The van der Waals surface area contributed by atoms with Crippen LogP contribution in [0.3, 0.4) is 0 Å². The van der Waals surface area contributed by atoms with Crippen molar-refractivity contribution in [2.75, 3.05) is 12.8 Å². The molecule has 4 nitrogen and oxygen atoms in total. The summed E-state index contributed by atoms with van der Waals surface area (Å²) in [6.07, 6.45) is 0. The van der Waals surface area contributed by atoms with Crippen molar-refractivity contribution in [3.8, 4) is 17.1 Å². The fraction of sp³-hybridized carbons (Fsp3) is 0.0625. The van der Waals surface area contributed by atoms with Gasteiger partial charge < -0.3 is 14.9 Å². The van der Waals surface area contributed by atoms with Crippen LogP contribution in [0.25, 0.3) is 22.3 Å². The smallest absolute Gasteiger partial charge is 0.195 e. The topological polar surface area (TPSA) is 65.5 Å². The second-order valence-electron chi connectivity index (χ2n) is 4.43. The van der Waals surface area contributed by atoms with Crippen molar-refractivity contribution in [2.45, 2.75) is 0 Å². The molecule has 2 N–H and O–H groups in total. The lowest BCUT2D eigenvalue weighted by Gasteiger charge is -2.06. The molecule has 0 fully saturated rings. The van der Waals surface area contributed by atoms with Crippen LogP contribution in [0.5, 0.6) is 5.75 Å². The van der Waals surface area contributed by atoms with Crippen LogP contribution in [0.2, 0.25) is 0 Å². The summed E-state index contributed by atoms with van der Waals surface area (Å²) in [5.41, 5.74) is 7.35. The van der Waals surface area contributed by atoms with Crippen molar-refractivity contribution in [2.24, 2.45) is 0 Å². The van der Waals surface area contributed by atoms with E-state index in [0.717, 1.165) is 5.56 Å². The number of ether oxygens (including phenoxy) is 1. The third kappa shape index (κ3) is 2.01. The average molecular weight is 267 g/mol. The van der Waals surface area contributed by atoms with E-state index in [1.807, 2.05) is 24.3 Å². The van der Waals surface area contributed by atoms with Crippen molar-refractivity contribution in [1.29, 1.82) is 0 Å². The van der Waals surface area contributed by atoms with E-state index in [2.05, 4.69) is 0 Å². The normalized spacial score (nSPS) is 10.7. The predicted octanol–water partition coefficient (Wildman–Crippen LogP) is 3.05. The van der Waals surface area contributed by atoms with Gasteiger partial charge >= 0.3 is 0 Å². The molecule has 100 valence electrons. The molecule has 0 spiro atoms. The zero-order valence-electron chi connectivity index (χ0n) is 10.9. The third-order valence-corrected chi connectivity index (χ3v) is 3.14. The van der Waals surface area contributed by atoms with E-state index in [9.17, 15) is 4.79 Å². The second kappa shape index (κ2) is 4.74. The van der Waals surface area contributed by atoms with Gasteiger partial charge in [0.15, 0.2) is 5.43 Å². The van der Waals surface area contributed by atoms with Crippen LogP contribution >= 0.6 is 0 Å². The standard InChI is InChI=1S/C16H13NO3/c1-19-11-5-2-4-10(8-11)15-9-13(18)16-12(17)6-3-7-14(16)20-15/h2-9H,17H2,1H3. The molecule has 3 aromatic rings. The molecule has 0 saturated carbocycles. The van der Waals surface area contributed by atoms with Crippen molar-refractivity contribution in [3.05, 3.63) is 58.8 Å². The number of nitrogen functional groups attached to an aromatic ring is 1. The molecule has 3 rings (SSSR count). The van der Waals surface area contributed by atoms with E-state index < -0.39 is 0 Å². The van der Waals surface area contributed by atoms with Crippen LogP contribution in [0.1, 0.15) is 0 Å². The van der Waals surface area contributed by atoms with Crippen molar-refractivity contribution in [3.63, 3.8) is 0 Å². The third-order valence-electron chi connectivity index (χ3n) is 3.14. The van der Waals surface area contributed by atoms with Crippen LogP contribution in [0, 0.1) is 0 Å². The first-order valence-electron chi connectivity index (χ1n) is 6.16. The Labute approximate surface area is 115 Å².